The van der Waals surface area contributed by atoms with Gasteiger partial charge in [0.25, 0.3) is 17.0 Å². The second-order valence-corrected chi connectivity index (χ2v) is 9.79. The zero-order chi connectivity index (χ0) is 27.2. The van der Waals surface area contributed by atoms with Crippen LogP contribution in [0.15, 0.2) is 58.5 Å². The van der Waals surface area contributed by atoms with Crippen molar-refractivity contribution >= 4 is 63.9 Å². The number of anilines is 1. The highest BCUT2D eigenvalue weighted by atomic mass is 35.5. The summed E-state index contributed by atoms with van der Waals surface area (Å²) in [7, 11) is 0. The van der Waals surface area contributed by atoms with Gasteiger partial charge in [-0.05, 0) is 78.5 Å². The quantitative estimate of drug-likeness (QED) is 0.191. The summed E-state index contributed by atoms with van der Waals surface area (Å²) in [5, 5.41) is 1.96. The number of rotatable bonds is 9. The molecule has 0 aliphatic carbocycles. The fourth-order valence-corrected chi connectivity index (χ4v) is 4.73. The number of hydrogen-bond donors (Lipinski definition) is 1. The van der Waals surface area contributed by atoms with E-state index in [2.05, 4.69) is 15.3 Å². The molecule has 1 fully saturated rings. The number of halogens is 2. The van der Waals surface area contributed by atoms with Gasteiger partial charge in [-0.15, -0.1) is 11.8 Å². The van der Waals surface area contributed by atoms with Crippen molar-refractivity contribution in [3.05, 3.63) is 70.2 Å². The minimum absolute atomic E-state index is 0.136. The number of amides is 3. The molecule has 2 heterocycles. The highest BCUT2D eigenvalue weighted by molar-refractivity contribution is 8.18. The first-order chi connectivity index (χ1) is 18.3. The SMILES string of the molecule is CCOc1cc(/C=C2/SC(=O)N(CC(=O)Nc3cccc(SC)c3)C2=O)ccc1Oc1nc(Cl)ncc1F. The van der Waals surface area contributed by atoms with Crippen LogP contribution in [0, 0.1) is 5.82 Å². The Morgan fingerprint density at radius 2 is 2.05 bits per heavy atom. The summed E-state index contributed by atoms with van der Waals surface area (Å²) in [5.74, 6) is -1.86. The lowest BCUT2D eigenvalue weighted by atomic mass is 10.2. The van der Waals surface area contributed by atoms with Crippen LogP contribution >= 0.6 is 35.1 Å². The lowest BCUT2D eigenvalue weighted by molar-refractivity contribution is -0.127. The number of aromatic nitrogens is 2. The van der Waals surface area contributed by atoms with E-state index in [1.165, 1.54) is 23.9 Å². The zero-order valence-electron chi connectivity index (χ0n) is 20.1. The van der Waals surface area contributed by atoms with Gasteiger partial charge < -0.3 is 14.8 Å². The molecule has 2 aromatic carbocycles. The van der Waals surface area contributed by atoms with Crippen LogP contribution in [0.5, 0.6) is 17.4 Å². The van der Waals surface area contributed by atoms with Crippen LogP contribution in [-0.4, -0.2) is 51.3 Å². The van der Waals surface area contributed by atoms with Crippen molar-refractivity contribution in [2.24, 2.45) is 0 Å². The Balaban J connectivity index is 1.49. The first-order valence-corrected chi connectivity index (χ1v) is 13.5. The van der Waals surface area contributed by atoms with Gasteiger partial charge in [-0.25, -0.2) is 4.98 Å². The van der Waals surface area contributed by atoms with E-state index in [0.29, 0.717) is 11.3 Å². The van der Waals surface area contributed by atoms with Gasteiger partial charge in [0.2, 0.25) is 17.0 Å². The third kappa shape index (κ3) is 6.63. The molecule has 38 heavy (non-hydrogen) atoms. The van der Waals surface area contributed by atoms with Gasteiger partial charge >= 0.3 is 0 Å². The number of carbonyl (C=O) groups excluding carboxylic acids is 3. The number of nitrogens with one attached hydrogen (secondary N) is 1. The number of imide groups is 1. The molecule has 0 unspecified atom stereocenters. The van der Waals surface area contributed by atoms with Crippen molar-refractivity contribution in [3.8, 4) is 17.4 Å². The largest absolute Gasteiger partial charge is 0.490 e. The van der Waals surface area contributed by atoms with Crippen molar-refractivity contribution in [3.63, 3.8) is 0 Å². The van der Waals surface area contributed by atoms with Crippen LogP contribution in [0.4, 0.5) is 14.9 Å². The van der Waals surface area contributed by atoms with E-state index in [4.69, 9.17) is 21.1 Å². The predicted molar refractivity (Wildman–Crippen MR) is 144 cm³/mol. The van der Waals surface area contributed by atoms with Crippen LogP contribution in [-0.2, 0) is 9.59 Å². The second-order valence-electron chi connectivity index (χ2n) is 7.58. The van der Waals surface area contributed by atoms with E-state index in [-0.39, 0.29) is 34.2 Å². The summed E-state index contributed by atoms with van der Waals surface area (Å²) in [4.78, 5) is 47.2. The molecular formula is C25H20ClFN4O5S2. The van der Waals surface area contributed by atoms with E-state index in [9.17, 15) is 18.8 Å². The molecule has 9 nitrogen and oxygen atoms in total. The summed E-state index contributed by atoms with van der Waals surface area (Å²) in [6.07, 6.45) is 4.30. The molecule has 3 amide bonds. The number of carbonyl (C=O) groups is 3. The van der Waals surface area contributed by atoms with E-state index in [1.807, 2.05) is 12.3 Å². The molecule has 0 bridgehead atoms. The van der Waals surface area contributed by atoms with Crippen molar-refractivity contribution in [2.75, 3.05) is 24.7 Å². The fourth-order valence-electron chi connectivity index (χ4n) is 3.31. The highest BCUT2D eigenvalue weighted by Crippen LogP contribution is 2.36. The summed E-state index contributed by atoms with van der Waals surface area (Å²) in [5.41, 5.74) is 1.09. The van der Waals surface area contributed by atoms with Crippen molar-refractivity contribution in [1.29, 1.82) is 0 Å². The average molecular weight is 575 g/mol. The number of ether oxygens (including phenoxy) is 2. The first-order valence-electron chi connectivity index (χ1n) is 11.1. The molecule has 0 atom stereocenters. The number of thioether (sulfide) groups is 2. The van der Waals surface area contributed by atoms with Gasteiger partial charge in [0.1, 0.15) is 6.54 Å². The monoisotopic (exact) mass is 574 g/mol. The smallest absolute Gasteiger partial charge is 0.294 e. The van der Waals surface area contributed by atoms with Crippen LogP contribution in [0.3, 0.4) is 0 Å². The summed E-state index contributed by atoms with van der Waals surface area (Å²) in [6, 6.07) is 11.9. The lowest BCUT2D eigenvalue weighted by Crippen LogP contribution is -2.36. The molecule has 1 aliphatic heterocycles. The molecule has 3 aromatic rings. The van der Waals surface area contributed by atoms with E-state index in [0.717, 1.165) is 27.8 Å². The standard InChI is InChI=1S/C25H20ClFN4O5S2/c1-3-35-19-9-14(7-8-18(19)36-22-17(27)12-28-24(26)30-22)10-20-23(33)31(25(34)38-20)13-21(32)29-15-5-4-6-16(11-15)37-2/h4-12H,3,13H2,1-2H3,(H,29,32)/b20-10+. The first kappa shape index (κ1) is 27.4. The molecule has 196 valence electrons. The number of benzene rings is 2. The minimum Gasteiger partial charge on any atom is -0.490 e. The molecule has 0 spiro atoms. The number of hydrogen-bond acceptors (Lipinski definition) is 9. The molecule has 1 N–H and O–H groups in total. The molecule has 1 saturated heterocycles. The van der Waals surface area contributed by atoms with Crippen molar-refractivity contribution < 1.29 is 28.2 Å². The summed E-state index contributed by atoms with van der Waals surface area (Å²) < 4.78 is 25.1. The van der Waals surface area contributed by atoms with Crippen LogP contribution in [0.2, 0.25) is 5.28 Å². The van der Waals surface area contributed by atoms with Crippen molar-refractivity contribution in [1.82, 2.24) is 14.9 Å². The highest BCUT2D eigenvalue weighted by Gasteiger charge is 2.36. The Kier molecular flexibility index (Phi) is 8.87. The van der Waals surface area contributed by atoms with Gasteiger partial charge in [0.05, 0.1) is 17.7 Å². The van der Waals surface area contributed by atoms with Crippen molar-refractivity contribution in [2.45, 2.75) is 11.8 Å². The Morgan fingerprint density at radius 1 is 1.24 bits per heavy atom. The maximum atomic E-state index is 14.0. The zero-order valence-corrected chi connectivity index (χ0v) is 22.5. The Morgan fingerprint density at radius 3 is 2.82 bits per heavy atom. The average Bonchev–Trinajstić information content (AvgIpc) is 3.15. The van der Waals surface area contributed by atoms with Gasteiger partial charge in [-0.2, -0.15) is 9.37 Å². The van der Waals surface area contributed by atoms with Gasteiger partial charge in [0, 0.05) is 10.6 Å². The molecule has 1 aromatic heterocycles. The Labute approximate surface area is 230 Å². The Hall–Kier alpha value is -3.61. The summed E-state index contributed by atoms with van der Waals surface area (Å²) >= 11 is 7.97. The maximum absolute atomic E-state index is 14.0. The van der Waals surface area contributed by atoms with Crippen LogP contribution < -0.4 is 14.8 Å². The maximum Gasteiger partial charge on any atom is 0.294 e. The third-order valence-electron chi connectivity index (χ3n) is 4.98. The van der Waals surface area contributed by atoms with Crippen LogP contribution in [0.1, 0.15) is 12.5 Å². The van der Waals surface area contributed by atoms with E-state index >= 15 is 0 Å². The fraction of sp³-hybridized carbons (Fsp3) is 0.160. The Bertz CT molecular complexity index is 1440. The van der Waals surface area contributed by atoms with Gasteiger partial charge in [0.15, 0.2) is 11.5 Å². The van der Waals surface area contributed by atoms with Crippen LogP contribution in [0.25, 0.3) is 6.08 Å². The molecule has 1 aliphatic rings. The molecular weight excluding hydrogens is 555 g/mol. The number of nitrogens with zero attached hydrogens (tertiary/aromatic N) is 3. The normalized spacial score (nSPS) is 14.2. The molecule has 13 heteroatoms. The topological polar surface area (TPSA) is 111 Å². The minimum atomic E-state index is -0.810. The van der Waals surface area contributed by atoms with E-state index in [1.54, 1.807) is 37.3 Å². The molecule has 0 radical (unpaired) electrons. The predicted octanol–water partition coefficient (Wildman–Crippen LogP) is 5.86. The van der Waals surface area contributed by atoms with Gasteiger partial charge in [-0.3, -0.25) is 19.3 Å². The van der Waals surface area contributed by atoms with E-state index < -0.39 is 29.4 Å². The van der Waals surface area contributed by atoms with Gasteiger partial charge in [-0.1, -0.05) is 12.1 Å². The molecule has 0 saturated carbocycles. The lowest BCUT2D eigenvalue weighted by Gasteiger charge is -2.13. The third-order valence-corrected chi connectivity index (χ3v) is 6.80. The molecule has 4 rings (SSSR count). The summed E-state index contributed by atoms with van der Waals surface area (Å²) in [6.45, 7) is 1.61. The second kappa shape index (κ2) is 12.3.